The number of hydrogen-bond donors (Lipinski definition) is 0. The summed E-state index contributed by atoms with van der Waals surface area (Å²) < 4.78 is 7.38. The van der Waals surface area contributed by atoms with Crippen molar-refractivity contribution >= 4 is 10.9 Å². The molecule has 0 aliphatic heterocycles. The van der Waals surface area contributed by atoms with Crippen molar-refractivity contribution in [3.8, 4) is 11.4 Å². The topological polar surface area (TPSA) is 45.4 Å². The Bertz CT molecular complexity index is 903. The first-order valence-electron chi connectivity index (χ1n) is 7.39. The van der Waals surface area contributed by atoms with Crippen LogP contribution < -0.4 is 27.7 Å². The molecular formula is C18H19ClN2O2. The number of nitrogens with one attached hydrogen (secondary N) is 1. The van der Waals surface area contributed by atoms with Gasteiger partial charge in [-0.15, -0.1) is 0 Å². The Morgan fingerprint density at radius 3 is 2.61 bits per heavy atom. The molecule has 0 amide bonds. The lowest BCUT2D eigenvalue weighted by molar-refractivity contribution is -0.362. The second kappa shape index (κ2) is 6.84. The minimum atomic E-state index is -0.0431. The first kappa shape index (κ1) is 17.0. The van der Waals surface area contributed by atoms with Crippen LogP contribution in [0.5, 0.6) is 5.75 Å². The molecule has 0 aliphatic rings. The summed E-state index contributed by atoms with van der Waals surface area (Å²) in [7, 11) is 0. The van der Waals surface area contributed by atoms with Crippen LogP contribution in [0.15, 0.2) is 47.3 Å². The Hall–Kier alpha value is -2.33. The van der Waals surface area contributed by atoms with Gasteiger partial charge in [0, 0.05) is 6.92 Å². The van der Waals surface area contributed by atoms with Crippen LogP contribution in [0.1, 0.15) is 18.3 Å². The molecule has 1 heterocycles. The summed E-state index contributed by atoms with van der Waals surface area (Å²) in [5.41, 5.74) is 2.65. The maximum atomic E-state index is 12.9. The summed E-state index contributed by atoms with van der Waals surface area (Å²) in [4.78, 5) is 16.2. The molecule has 0 atom stereocenters. The van der Waals surface area contributed by atoms with Gasteiger partial charge < -0.3 is 17.1 Å². The van der Waals surface area contributed by atoms with E-state index in [0.717, 1.165) is 22.6 Å². The zero-order valence-electron chi connectivity index (χ0n) is 13.4. The molecule has 0 radical (unpaired) electrons. The lowest BCUT2D eigenvalue weighted by Crippen LogP contribution is -3.00. The highest BCUT2D eigenvalue weighted by molar-refractivity contribution is 5.74. The quantitative estimate of drug-likeness (QED) is 0.669. The molecule has 0 saturated carbocycles. The number of benzene rings is 2. The number of fused-ring (bicyclic) bond motifs is 1. The van der Waals surface area contributed by atoms with E-state index in [9.17, 15) is 4.79 Å². The molecule has 1 aromatic heterocycles. The largest absolute Gasteiger partial charge is 1.00 e. The van der Waals surface area contributed by atoms with Crippen LogP contribution in [0, 0.1) is 13.8 Å². The van der Waals surface area contributed by atoms with Gasteiger partial charge in [0.1, 0.15) is 10.9 Å². The molecule has 3 rings (SSSR count). The molecule has 2 aromatic carbocycles. The van der Waals surface area contributed by atoms with Crippen molar-refractivity contribution < 1.29 is 22.1 Å². The van der Waals surface area contributed by atoms with Gasteiger partial charge in [0.2, 0.25) is 0 Å². The van der Waals surface area contributed by atoms with E-state index in [1.54, 1.807) is 4.57 Å². The number of rotatable bonds is 3. The first-order chi connectivity index (χ1) is 10.6. The highest BCUT2D eigenvalue weighted by Crippen LogP contribution is 2.24. The number of ether oxygens (including phenoxy) is 1. The highest BCUT2D eigenvalue weighted by atomic mass is 35.5. The first-order valence-corrected chi connectivity index (χ1v) is 7.39. The molecule has 0 aliphatic carbocycles. The second-order valence-electron chi connectivity index (χ2n) is 5.30. The number of H-pyrrole nitrogens is 1. The number of aryl methyl sites for hydroxylation is 2. The molecule has 23 heavy (non-hydrogen) atoms. The monoisotopic (exact) mass is 330 g/mol. The molecule has 0 saturated heterocycles. The van der Waals surface area contributed by atoms with Crippen molar-refractivity contribution in [1.29, 1.82) is 0 Å². The van der Waals surface area contributed by atoms with Crippen molar-refractivity contribution in [2.45, 2.75) is 20.8 Å². The number of aromatic amines is 1. The lowest BCUT2D eigenvalue weighted by Gasteiger charge is -2.10. The number of hydrogen-bond acceptors (Lipinski definition) is 2. The SMILES string of the molecule is CCOc1ccc(C)cc1-n1c(C)[nH+]c2ccccc2c1=O.[Cl-]. The van der Waals surface area contributed by atoms with Crippen molar-refractivity contribution in [3.05, 3.63) is 64.2 Å². The smallest absolute Gasteiger partial charge is 0.350 e. The fourth-order valence-electron chi connectivity index (χ4n) is 2.67. The van der Waals surface area contributed by atoms with Gasteiger partial charge >= 0.3 is 5.56 Å². The highest BCUT2D eigenvalue weighted by Gasteiger charge is 2.20. The molecule has 1 N–H and O–H groups in total. The van der Waals surface area contributed by atoms with Crippen LogP contribution in [0.3, 0.4) is 0 Å². The van der Waals surface area contributed by atoms with Gasteiger partial charge in [-0.3, -0.25) is 0 Å². The molecular weight excluding hydrogens is 312 g/mol. The molecule has 3 aromatic rings. The van der Waals surface area contributed by atoms with Crippen molar-refractivity contribution in [1.82, 2.24) is 4.57 Å². The van der Waals surface area contributed by atoms with Crippen LogP contribution in [0.2, 0.25) is 0 Å². The fourth-order valence-corrected chi connectivity index (χ4v) is 2.67. The molecule has 0 fully saturated rings. The van der Waals surface area contributed by atoms with Crippen molar-refractivity contribution in [2.75, 3.05) is 6.61 Å². The molecule has 0 spiro atoms. The lowest BCUT2D eigenvalue weighted by atomic mass is 10.2. The zero-order chi connectivity index (χ0) is 15.7. The van der Waals surface area contributed by atoms with Gasteiger partial charge in [0.15, 0.2) is 11.4 Å². The number of aromatic nitrogens is 2. The molecule has 4 nitrogen and oxygen atoms in total. The maximum absolute atomic E-state index is 12.9. The van der Waals surface area contributed by atoms with Crippen LogP contribution in [0.25, 0.3) is 16.6 Å². The van der Waals surface area contributed by atoms with Gasteiger partial charge in [0.25, 0.3) is 5.82 Å². The third-order valence-electron chi connectivity index (χ3n) is 3.67. The minimum absolute atomic E-state index is 0. The van der Waals surface area contributed by atoms with Gasteiger partial charge in [-0.1, -0.05) is 18.2 Å². The summed E-state index contributed by atoms with van der Waals surface area (Å²) >= 11 is 0. The van der Waals surface area contributed by atoms with Gasteiger partial charge in [-0.05, 0) is 43.7 Å². The van der Waals surface area contributed by atoms with Gasteiger partial charge in [-0.25, -0.2) is 9.78 Å². The van der Waals surface area contributed by atoms with Gasteiger partial charge in [-0.2, -0.15) is 4.57 Å². The Morgan fingerprint density at radius 2 is 1.87 bits per heavy atom. The summed E-state index contributed by atoms with van der Waals surface area (Å²) in [6.07, 6.45) is 0. The molecule has 0 bridgehead atoms. The van der Waals surface area contributed by atoms with Crippen LogP contribution in [-0.2, 0) is 0 Å². The molecule has 5 heteroatoms. The summed E-state index contributed by atoms with van der Waals surface area (Å²) in [5.74, 6) is 1.48. The third kappa shape index (κ3) is 3.08. The standard InChI is InChI=1S/C18H18N2O2.ClH/c1-4-22-17-10-9-12(2)11-16(17)20-13(3)19-15-8-6-5-7-14(15)18(20)21;/h5-11H,4H2,1-3H3;1H. The predicted molar refractivity (Wildman–Crippen MR) is 86.7 cm³/mol. The van der Waals surface area contributed by atoms with E-state index >= 15 is 0 Å². The van der Waals surface area contributed by atoms with Crippen LogP contribution in [0.4, 0.5) is 0 Å². The van der Waals surface area contributed by atoms with E-state index in [2.05, 4.69) is 4.98 Å². The number of nitrogens with zero attached hydrogens (tertiary/aromatic N) is 1. The number of halogens is 1. The summed E-state index contributed by atoms with van der Waals surface area (Å²) in [6, 6.07) is 13.4. The fraction of sp³-hybridized carbons (Fsp3) is 0.222. The normalized spacial score (nSPS) is 10.4. The Labute approximate surface area is 141 Å². The van der Waals surface area contributed by atoms with E-state index in [-0.39, 0.29) is 18.0 Å². The van der Waals surface area contributed by atoms with E-state index in [4.69, 9.17) is 4.74 Å². The second-order valence-corrected chi connectivity index (χ2v) is 5.30. The minimum Gasteiger partial charge on any atom is -1.00 e. The molecule has 0 unspecified atom stereocenters. The van der Waals surface area contributed by atoms with E-state index in [0.29, 0.717) is 17.7 Å². The van der Waals surface area contributed by atoms with E-state index in [1.807, 2.05) is 63.2 Å². The number of para-hydroxylation sites is 1. The third-order valence-corrected chi connectivity index (χ3v) is 3.67. The molecule has 120 valence electrons. The average Bonchev–Trinajstić information content (AvgIpc) is 2.50. The van der Waals surface area contributed by atoms with Crippen LogP contribution in [-0.4, -0.2) is 11.2 Å². The van der Waals surface area contributed by atoms with Crippen molar-refractivity contribution in [3.63, 3.8) is 0 Å². The average molecular weight is 331 g/mol. The Balaban J connectivity index is 0.00000192. The Kier molecular flexibility index (Phi) is 5.06. The van der Waals surface area contributed by atoms with Crippen LogP contribution >= 0.6 is 0 Å². The zero-order valence-corrected chi connectivity index (χ0v) is 14.1. The maximum Gasteiger partial charge on any atom is 0.350 e. The van der Waals surface area contributed by atoms with Gasteiger partial charge in [0.05, 0.1) is 6.61 Å². The van der Waals surface area contributed by atoms with E-state index in [1.165, 1.54) is 0 Å². The predicted octanol–water partition coefficient (Wildman–Crippen LogP) is -0.176. The van der Waals surface area contributed by atoms with E-state index < -0.39 is 0 Å². The van der Waals surface area contributed by atoms with Crippen molar-refractivity contribution in [2.24, 2.45) is 0 Å². The summed E-state index contributed by atoms with van der Waals surface area (Å²) in [6.45, 7) is 6.39. The summed E-state index contributed by atoms with van der Waals surface area (Å²) in [5, 5.41) is 0.664. The Morgan fingerprint density at radius 1 is 1.13 bits per heavy atom.